The molecule has 0 radical (unpaired) electrons. The van der Waals surface area contributed by atoms with Crippen molar-refractivity contribution in [1.82, 2.24) is 9.80 Å². The topological polar surface area (TPSA) is 62.2 Å². The largest absolute Gasteiger partial charge is 0.493 e. The SMILES string of the molecule is [2H]C(O)(COc1ccccc1OC)CN1CCN(CC(=O)Cc2c(C([2H])([2H])[2H])cccc2C([2H])([2H])[2H])CC1. The number of β-amino-alcohol motifs (C(OH)–C–C–N with tert-alkyl or cyclic N) is 1. The number of ketones is 1. The smallest absolute Gasteiger partial charge is 0.161 e. The molecule has 1 fully saturated rings. The maximum Gasteiger partial charge on any atom is 0.161 e. The molecule has 1 N–H and O–H groups in total. The van der Waals surface area contributed by atoms with E-state index in [0.717, 1.165) is 0 Å². The van der Waals surface area contributed by atoms with E-state index in [0.29, 0.717) is 37.7 Å². The van der Waals surface area contributed by atoms with Gasteiger partial charge in [0.05, 0.1) is 15.0 Å². The number of carbonyl (C=O) groups excluding carboxylic acids is 1. The van der Waals surface area contributed by atoms with Gasteiger partial charge in [-0.1, -0.05) is 30.3 Å². The van der Waals surface area contributed by atoms with Crippen molar-refractivity contribution in [3.63, 3.8) is 0 Å². The molecule has 2 aromatic carbocycles. The lowest BCUT2D eigenvalue weighted by atomic mass is 9.98. The van der Waals surface area contributed by atoms with Crippen LogP contribution < -0.4 is 9.47 Å². The number of aryl methyl sites for hydroxylation is 2. The molecule has 1 unspecified atom stereocenters. The number of carbonyl (C=O) groups is 1. The highest BCUT2D eigenvalue weighted by molar-refractivity contribution is 5.83. The third-order valence-corrected chi connectivity index (χ3v) is 5.28. The van der Waals surface area contributed by atoms with Crippen LogP contribution in [0.4, 0.5) is 0 Å². The lowest BCUT2D eigenvalue weighted by molar-refractivity contribution is -0.120. The van der Waals surface area contributed by atoms with Crippen molar-refractivity contribution >= 4 is 5.78 Å². The number of benzene rings is 2. The lowest BCUT2D eigenvalue weighted by Crippen LogP contribution is -2.50. The Morgan fingerprint density at radius 1 is 1.06 bits per heavy atom. The van der Waals surface area contributed by atoms with E-state index in [1.165, 1.54) is 25.3 Å². The minimum atomic E-state index is -2.54. The maximum atomic E-state index is 12.9. The second-order valence-electron chi connectivity index (χ2n) is 7.61. The van der Waals surface area contributed by atoms with Crippen LogP contribution in [0.25, 0.3) is 0 Å². The van der Waals surface area contributed by atoms with Gasteiger partial charge in [-0.25, -0.2) is 0 Å². The summed E-state index contributed by atoms with van der Waals surface area (Å²) >= 11 is 0. The van der Waals surface area contributed by atoms with Crippen LogP contribution in [0.5, 0.6) is 11.5 Å². The molecule has 3 rings (SSSR count). The summed E-state index contributed by atoms with van der Waals surface area (Å²) in [5, 5.41) is 10.5. The highest BCUT2D eigenvalue weighted by Gasteiger charge is 2.21. The zero-order valence-corrected chi connectivity index (χ0v) is 17.8. The van der Waals surface area contributed by atoms with Crippen molar-refractivity contribution in [2.45, 2.75) is 26.2 Å². The van der Waals surface area contributed by atoms with Crippen molar-refractivity contribution in [2.24, 2.45) is 0 Å². The second kappa shape index (κ2) is 11.3. The predicted molar refractivity (Wildman–Crippen MR) is 122 cm³/mol. The average molecular weight is 434 g/mol. The normalized spacial score (nSPS) is 21.3. The quantitative estimate of drug-likeness (QED) is 0.621. The number of rotatable bonds is 10. The molecule has 0 aromatic heterocycles. The molecule has 0 saturated carbocycles. The van der Waals surface area contributed by atoms with E-state index in [1.54, 1.807) is 24.3 Å². The lowest BCUT2D eigenvalue weighted by Gasteiger charge is -2.35. The van der Waals surface area contributed by atoms with Crippen molar-refractivity contribution in [3.05, 3.63) is 59.2 Å². The number of hydrogen-bond donors (Lipinski definition) is 1. The van der Waals surface area contributed by atoms with Gasteiger partial charge in [0.2, 0.25) is 0 Å². The van der Waals surface area contributed by atoms with Gasteiger partial charge in [-0.2, -0.15) is 0 Å². The van der Waals surface area contributed by atoms with Crippen LogP contribution in [0.2, 0.25) is 0 Å². The number of methoxy groups -OCH3 is 1. The number of Topliss-reactive ketones (excluding diaryl/α,β-unsaturated/α-hetero) is 1. The van der Waals surface area contributed by atoms with Gasteiger partial charge in [0, 0.05) is 47.4 Å². The van der Waals surface area contributed by atoms with Gasteiger partial charge in [0.25, 0.3) is 0 Å². The maximum absolute atomic E-state index is 12.9. The summed E-state index contributed by atoms with van der Waals surface area (Å²) in [5.74, 6) is 0.669. The minimum absolute atomic E-state index is 0.0467. The van der Waals surface area contributed by atoms with Gasteiger partial charge >= 0.3 is 0 Å². The Labute approximate surface area is 195 Å². The van der Waals surface area contributed by atoms with E-state index in [9.17, 15) is 9.90 Å². The Morgan fingerprint density at radius 3 is 2.35 bits per heavy atom. The third-order valence-electron chi connectivity index (χ3n) is 5.28. The fourth-order valence-electron chi connectivity index (χ4n) is 3.59. The van der Waals surface area contributed by atoms with E-state index in [1.807, 2.05) is 9.80 Å². The summed E-state index contributed by atoms with van der Waals surface area (Å²) in [6.07, 6.45) is -2.14. The Kier molecular flexibility index (Phi) is 5.60. The van der Waals surface area contributed by atoms with Crippen LogP contribution in [0.3, 0.4) is 0 Å². The van der Waals surface area contributed by atoms with Gasteiger partial charge in [-0.05, 0) is 42.5 Å². The molecule has 0 amide bonds. The summed E-state index contributed by atoms with van der Waals surface area (Å²) in [6.45, 7) is -3.20. The zero-order valence-electron chi connectivity index (χ0n) is 24.8. The summed E-state index contributed by atoms with van der Waals surface area (Å²) in [6, 6.07) is 11.1. The van der Waals surface area contributed by atoms with Crippen LogP contribution in [0.15, 0.2) is 42.5 Å². The first kappa shape index (κ1) is 15.4. The molecule has 2 aromatic rings. The van der Waals surface area contributed by atoms with Crippen molar-refractivity contribution in [2.75, 3.05) is 53.0 Å². The van der Waals surface area contributed by atoms with Crippen LogP contribution in [-0.4, -0.2) is 79.8 Å². The molecule has 1 heterocycles. The monoisotopic (exact) mass is 433 g/mol. The second-order valence-corrected chi connectivity index (χ2v) is 7.61. The van der Waals surface area contributed by atoms with E-state index in [4.69, 9.17) is 19.1 Å². The Bertz CT molecular complexity index is 1070. The van der Waals surface area contributed by atoms with E-state index >= 15 is 0 Å². The summed E-state index contributed by atoms with van der Waals surface area (Å²) in [5.41, 5.74) is -0.186. The van der Waals surface area contributed by atoms with Crippen LogP contribution >= 0.6 is 0 Å². The summed E-state index contributed by atoms with van der Waals surface area (Å²) in [7, 11) is 1.51. The van der Waals surface area contributed by atoms with Gasteiger partial charge in [0.1, 0.15) is 12.7 Å². The first-order chi connectivity index (χ1) is 17.7. The van der Waals surface area contributed by atoms with E-state index < -0.39 is 19.8 Å². The van der Waals surface area contributed by atoms with Crippen molar-refractivity contribution in [1.29, 1.82) is 0 Å². The molecule has 0 spiro atoms. The number of hydrogen-bond acceptors (Lipinski definition) is 6. The minimum Gasteiger partial charge on any atom is -0.493 e. The first-order valence-electron chi connectivity index (χ1n) is 13.8. The third kappa shape index (κ3) is 6.79. The van der Waals surface area contributed by atoms with Gasteiger partial charge in [-0.15, -0.1) is 0 Å². The number of piperazine rings is 1. The molecule has 168 valence electrons. The summed E-state index contributed by atoms with van der Waals surface area (Å²) in [4.78, 5) is 16.7. The highest BCUT2D eigenvalue weighted by atomic mass is 16.5. The van der Waals surface area contributed by atoms with Crippen LogP contribution in [0, 0.1) is 13.7 Å². The summed E-state index contributed by atoms with van der Waals surface area (Å²) < 4.78 is 65.7. The molecule has 1 saturated heterocycles. The molecule has 1 atom stereocenters. The molecule has 6 nitrogen and oxygen atoms in total. The highest BCUT2D eigenvalue weighted by Crippen LogP contribution is 2.25. The average Bonchev–Trinajstić information content (AvgIpc) is 2.82. The van der Waals surface area contributed by atoms with Crippen molar-refractivity contribution < 1.29 is 29.0 Å². The molecule has 31 heavy (non-hydrogen) atoms. The molecule has 0 bridgehead atoms. The van der Waals surface area contributed by atoms with Crippen molar-refractivity contribution in [3.8, 4) is 11.5 Å². The molecule has 0 aliphatic carbocycles. The zero-order chi connectivity index (χ0) is 28.1. The van der Waals surface area contributed by atoms with Gasteiger partial charge in [-0.3, -0.25) is 14.6 Å². The standard InChI is InChI=1S/C25H34N2O4/c1-19-7-6-8-20(2)23(19)15-21(28)16-26-11-13-27(14-12-26)17-22(29)18-31-25-10-5-4-9-24(25)30-3/h4-10,22,29H,11-18H2,1-3H3/i1D3,2D3,22D. The molecule has 6 heteroatoms. The number of ether oxygens (including phenoxy) is 2. The molecule has 1 aliphatic heterocycles. The van der Waals surface area contributed by atoms with Gasteiger partial charge < -0.3 is 14.6 Å². The Morgan fingerprint density at radius 2 is 1.71 bits per heavy atom. The Hall–Kier alpha value is -2.41. The molecular weight excluding hydrogens is 392 g/mol. The fraction of sp³-hybridized carbons (Fsp3) is 0.480. The number of aliphatic hydroxyl groups is 1. The first-order valence-corrected chi connectivity index (χ1v) is 10.3. The fourth-order valence-corrected chi connectivity index (χ4v) is 3.59. The predicted octanol–water partition coefficient (Wildman–Crippen LogP) is 2.48. The number of para-hydroxylation sites is 2. The molecule has 1 aliphatic rings. The van der Waals surface area contributed by atoms with Gasteiger partial charge in [0.15, 0.2) is 17.3 Å². The van der Waals surface area contributed by atoms with E-state index in [-0.39, 0.29) is 48.6 Å². The van der Waals surface area contributed by atoms with E-state index in [2.05, 4.69) is 0 Å². The Balaban J connectivity index is 1.54. The van der Waals surface area contributed by atoms with Crippen LogP contribution in [-0.2, 0) is 11.2 Å². The number of nitrogens with zero attached hydrogens (tertiary/aromatic N) is 2. The van der Waals surface area contributed by atoms with Crippen LogP contribution in [0.1, 0.15) is 26.3 Å². The molecular formula is C25H34N2O4.